The molecule has 0 saturated carbocycles. The number of halogens is 1. The van der Waals surface area contributed by atoms with Crippen LogP contribution < -0.4 is 5.32 Å². The van der Waals surface area contributed by atoms with Crippen molar-refractivity contribution in [2.75, 3.05) is 13.1 Å². The summed E-state index contributed by atoms with van der Waals surface area (Å²) in [5.41, 5.74) is 1.18. The molecule has 1 fully saturated rings. The minimum absolute atomic E-state index is 0.241. The molecule has 1 saturated heterocycles. The molecule has 0 amide bonds. The second-order valence-electron chi connectivity index (χ2n) is 5.06. The lowest BCUT2D eigenvalue weighted by Gasteiger charge is -2.25. The molecule has 1 N–H and O–H groups in total. The number of thiophene rings is 1. The fourth-order valence-corrected chi connectivity index (χ4v) is 3.75. The van der Waals surface area contributed by atoms with Gasteiger partial charge in [0.2, 0.25) is 0 Å². The highest BCUT2D eigenvalue weighted by atomic mass is 32.1. The van der Waals surface area contributed by atoms with Gasteiger partial charge in [-0.1, -0.05) is 18.2 Å². The summed E-state index contributed by atoms with van der Waals surface area (Å²) in [7, 11) is 0. The Morgan fingerprint density at radius 2 is 2.06 bits per heavy atom. The van der Waals surface area contributed by atoms with Gasteiger partial charge in [-0.15, -0.1) is 11.3 Å². The van der Waals surface area contributed by atoms with E-state index in [1.807, 2.05) is 12.1 Å². The highest BCUT2D eigenvalue weighted by Gasteiger charge is 2.24. The molecule has 1 atom stereocenters. The first-order valence-corrected chi connectivity index (χ1v) is 7.52. The Morgan fingerprint density at radius 3 is 2.89 bits per heavy atom. The Labute approximate surface area is 111 Å². The average molecular weight is 263 g/mol. The summed E-state index contributed by atoms with van der Waals surface area (Å²) < 4.78 is 15.6. The van der Waals surface area contributed by atoms with Crippen molar-refractivity contribution in [1.82, 2.24) is 5.32 Å². The summed E-state index contributed by atoms with van der Waals surface area (Å²) >= 11 is 1.72. The van der Waals surface area contributed by atoms with Crippen LogP contribution >= 0.6 is 11.3 Å². The second-order valence-corrected chi connectivity index (χ2v) is 5.98. The van der Waals surface area contributed by atoms with Crippen molar-refractivity contribution in [2.45, 2.75) is 25.4 Å². The van der Waals surface area contributed by atoms with Crippen LogP contribution in [0.4, 0.5) is 4.39 Å². The number of benzene rings is 1. The van der Waals surface area contributed by atoms with Gasteiger partial charge in [0.15, 0.2) is 0 Å². The largest absolute Gasteiger partial charge is 0.317 e. The first-order chi connectivity index (χ1) is 8.84. The molecule has 1 aliphatic heterocycles. The molecule has 3 heteroatoms. The zero-order valence-corrected chi connectivity index (χ0v) is 11.2. The maximum Gasteiger partial charge on any atom is 0.107 e. The van der Waals surface area contributed by atoms with E-state index in [1.54, 1.807) is 11.3 Å². The molecule has 1 aromatic heterocycles. The Bertz CT molecular complexity index is 516. The number of alkyl halides is 1. The molecule has 2 aromatic rings. The summed E-state index contributed by atoms with van der Waals surface area (Å²) in [5.74, 6) is 0.241. The summed E-state index contributed by atoms with van der Waals surface area (Å²) in [6.07, 6.45) is 1.84. The van der Waals surface area contributed by atoms with Gasteiger partial charge in [0.25, 0.3) is 0 Å². The van der Waals surface area contributed by atoms with Gasteiger partial charge in [0, 0.05) is 11.1 Å². The average Bonchev–Trinajstić information content (AvgIpc) is 2.83. The van der Waals surface area contributed by atoms with Gasteiger partial charge in [-0.3, -0.25) is 0 Å². The number of hydrogen-bond donors (Lipinski definition) is 1. The first kappa shape index (κ1) is 12.1. The first-order valence-electron chi connectivity index (χ1n) is 6.64. The number of fused-ring (bicyclic) bond motifs is 1. The maximum atomic E-state index is 14.4. The van der Waals surface area contributed by atoms with Crippen LogP contribution in [0.5, 0.6) is 0 Å². The van der Waals surface area contributed by atoms with Crippen LogP contribution in [-0.4, -0.2) is 19.3 Å². The molecule has 1 aliphatic rings. The van der Waals surface area contributed by atoms with E-state index in [4.69, 9.17) is 0 Å². The smallest absolute Gasteiger partial charge is 0.107 e. The van der Waals surface area contributed by atoms with Crippen molar-refractivity contribution >= 4 is 21.4 Å². The van der Waals surface area contributed by atoms with Crippen molar-refractivity contribution in [2.24, 2.45) is 5.92 Å². The maximum absolute atomic E-state index is 14.4. The van der Waals surface area contributed by atoms with E-state index in [1.165, 1.54) is 15.6 Å². The highest BCUT2D eigenvalue weighted by Crippen LogP contribution is 2.29. The van der Waals surface area contributed by atoms with E-state index in [0.717, 1.165) is 25.9 Å². The van der Waals surface area contributed by atoms with E-state index in [-0.39, 0.29) is 5.92 Å². The molecule has 3 rings (SSSR count). The number of piperidine rings is 1. The van der Waals surface area contributed by atoms with Gasteiger partial charge < -0.3 is 5.32 Å². The topological polar surface area (TPSA) is 12.0 Å². The molecule has 1 aromatic carbocycles. The van der Waals surface area contributed by atoms with Gasteiger partial charge in [-0.05, 0) is 54.2 Å². The van der Waals surface area contributed by atoms with Crippen LogP contribution in [-0.2, 0) is 6.42 Å². The predicted octanol–water partition coefficient (Wildman–Crippen LogP) is 3.78. The molecular formula is C15H18FNS. The number of rotatable bonds is 3. The molecule has 2 heterocycles. The third kappa shape index (κ3) is 2.43. The Hall–Kier alpha value is -0.930. The van der Waals surface area contributed by atoms with Gasteiger partial charge in [-0.25, -0.2) is 4.39 Å². The summed E-state index contributed by atoms with van der Waals surface area (Å²) in [6.45, 7) is 1.94. The van der Waals surface area contributed by atoms with E-state index >= 15 is 0 Å². The fraction of sp³-hybridized carbons (Fsp3) is 0.467. The molecule has 0 bridgehead atoms. The van der Waals surface area contributed by atoms with Crippen molar-refractivity contribution in [3.05, 3.63) is 35.2 Å². The third-order valence-corrected chi connectivity index (χ3v) is 4.88. The van der Waals surface area contributed by atoms with Gasteiger partial charge in [0.05, 0.1) is 0 Å². The monoisotopic (exact) mass is 263 g/mol. The Morgan fingerprint density at radius 1 is 1.28 bits per heavy atom. The molecule has 1 unspecified atom stereocenters. The lowest BCUT2D eigenvalue weighted by Crippen LogP contribution is -2.33. The zero-order valence-electron chi connectivity index (χ0n) is 10.4. The van der Waals surface area contributed by atoms with Gasteiger partial charge >= 0.3 is 0 Å². The molecule has 1 nitrogen and oxygen atoms in total. The Kier molecular flexibility index (Phi) is 3.62. The molecule has 0 radical (unpaired) electrons. The molecular weight excluding hydrogens is 245 g/mol. The normalized spacial score (nSPS) is 19.2. The molecule has 0 spiro atoms. The number of nitrogens with one attached hydrogen (secondary N) is 1. The lowest BCUT2D eigenvalue weighted by molar-refractivity contribution is 0.187. The summed E-state index contributed by atoms with van der Waals surface area (Å²) in [4.78, 5) is 0. The van der Waals surface area contributed by atoms with Gasteiger partial charge in [0.1, 0.15) is 6.17 Å². The SMILES string of the molecule is FC(Cc1csc2ccccc12)C1CCNCC1. The van der Waals surface area contributed by atoms with E-state index in [9.17, 15) is 4.39 Å². The van der Waals surface area contributed by atoms with Crippen molar-refractivity contribution < 1.29 is 4.39 Å². The van der Waals surface area contributed by atoms with Crippen molar-refractivity contribution in [3.63, 3.8) is 0 Å². The quantitative estimate of drug-likeness (QED) is 0.888. The highest BCUT2D eigenvalue weighted by molar-refractivity contribution is 7.17. The van der Waals surface area contributed by atoms with Crippen LogP contribution in [0.2, 0.25) is 0 Å². The summed E-state index contributed by atoms with van der Waals surface area (Å²) in [6, 6.07) is 8.30. The molecule has 18 heavy (non-hydrogen) atoms. The third-order valence-electron chi connectivity index (χ3n) is 3.87. The second kappa shape index (κ2) is 5.37. The van der Waals surface area contributed by atoms with Crippen LogP contribution in [0.1, 0.15) is 18.4 Å². The fourth-order valence-electron chi connectivity index (χ4n) is 2.77. The zero-order chi connectivity index (χ0) is 12.4. The molecule has 96 valence electrons. The van der Waals surface area contributed by atoms with Crippen molar-refractivity contribution in [3.8, 4) is 0 Å². The summed E-state index contributed by atoms with van der Waals surface area (Å²) in [5, 5.41) is 6.65. The van der Waals surface area contributed by atoms with E-state index in [0.29, 0.717) is 6.42 Å². The Balaban J connectivity index is 1.75. The predicted molar refractivity (Wildman–Crippen MR) is 76.0 cm³/mol. The minimum Gasteiger partial charge on any atom is -0.317 e. The van der Waals surface area contributed by atoms with Crippen LogP contribution in [0.15, 0.2) is 29.6 Å². The van der Waals surface area contributed by atoms with E-state index < -0.39 is 6.17 Å². The van der Waals surface area contributed by atoms with Crippen molar-refractivity contribution in [1.29, 1.82) is 0 Å². The van der Waals surface area contributed by atoms with Gasteiger partial charge in [-0.2, -0.15) is 0 Å². The lowest BCUT2D eigenvalue weighted by atomic mass is 9.89. The molecule has 0 aliphatic carbocycles. The number of hydrogen-bond acceptors (Lipinski definition) is 2. The van der Waals surface area contributed by atoms with Crippen LogP contribution in [0.3, 0.4) is 0 Å². The van der Waals surface area contributed by atoms with Crippen LogP contribution in [0, 0.1) is 5.92 Å². The van der Waals surface area contributed by atoms with Crippen LogP contribution in [0.25, 0.3) is 10.1 Å². The standard InChI is InChI=1S/C15H18FNS/c16-14(11-5-7-17-8-6-11)9-12-10-18-15-4-2-1-3-13(12)15/h1-4,10-11,14,17H,5-9H2. The van der Waals surface area contributed by atoms with E-state index in [2.05, 4.69) is 22.8 Å². The minimum atomic E-state index is -0.690.